The lowest BCUT2D eigenvalue weighted by Crippen LogP contribution is -2.07. The Morgan fingerprint density at radius 2 is 2.07 bits per heavy atom. The summed E-state index contributed by atoms with van der Waals surface area (Å²) in [6.45, 7) is 5.36. The maximum absolute atomic E-state index is 10.7. The molecule has 1 N–H and O–H groups in total. The van der Waals surface area contributed by atoms with Crippen LogP contribution < -0.4 is 0 Å². The summed E-state index contributed by atoms with van der Waals surface area (Å²) in [4.78, 5) is 10.7. The highest BCUT2D eigenvalue weighted by Crippen LogP contribution is 2.16. The van der Waals surface area contributed by atoms with Gasteiger partial charge in [0.1, 0.15) is 0 Å². The van der Waals surface area contributed by atoms with Crippen LogP contribution in [-0.2, 0) is 11.2 Å². The fraction of sp³-hybridized carbons (Fsp3) is 0.308. The zero-order valence-electron chi connectivity index (χ0n) is 8.94. The topological polar surface area (TPSA) is 37.3 Å². The van der Waals surface area contributed by atoms with E-state index in [-0.39, 0.29) is 0 Å². The first-order valence-electron chi connectivity index (χ1n) is 5.07. The Kier molecular flexibility index (Phi) is 4.10. The highest BCUT2D eigenvalue weighted by molar-refractivity contribution is 5.75. The van der Waals surface area contributed by atoms with Gasteiger partial charge in [-0.05, 0) is 30.9 Å². The van der Waals surface area contributed by atoms with E-state index < -0.39 is 11.9 Å². The van der Waals surface area contributed by atoms with E-state index in [9.17, 15) is 4.79 Å². The van der Waals surface area contributed by atoms with E-state index in [4.69, 9.17) is 5.11 Å². The minimum absolute atomic E-state index is 0.432. The van der Waals surface area contributed by atoms with Gasteiger partial charge in [-0.15, -0.1) is 6.58 Å². The smallest absolute Gasteiger partial charge is 0.310 e. The van der Waals surface area contributed by atoms with Crippen molar-refractivity contribution in [3.05, 3.63) is 48.0 Å². The van der Waals surface area contributed by atoms with Crippen molar-refractivity contribution in [2.24, 2.45) is 0 Å². The molecule has 0 aliphatic heterocycles. The van der Waals surface area contributed by atoms with Crippen LogP contribution in [0.5, 0.6) is 0 Å². The molecule has 80 valence electrons. The van der Waals surface area contributed by atoms with Crippen molar-refractivity contribution in [2.45, 2.75) is 25.7 Å². The normalized spacial score (nSPS) is 12.1. The average Bonchev–Trinajstić information content (AvgIpc) is 2.26. The first-order valence-corrected chi connectivity index (χ1v) is 5.07. The van der Waals surface area contributed by atoms with Crippen molar-refractivity contribution >= 4 is 5.97 Å². The number of aliphatic carboxylic acids is 1. The third kappa shape index (κ3) is 3.24. The highest BCUT2D eigenvalue weighted by Gasteiger charge is 2.12. The molecule has 0 fully saturated rings. The van der Waals surface area contributed by atoms with Crippen LogP contribution in [-0.4, -0.2) is 11.1 Å². The van der Waals surface area contributed by atoms with Crippen LogP contribution in [0.3, 0.4) is 0 Å². The van der Waals surface area contributed by atoms with Crippen molar-refractivity contribution in [1.82, 2.24) is 0 Å². The number of allylic oxidation sites excluding steroid dienone is 1. The van der Waals surface area contributed by atoms with Crippen LogP contribution in [0.1, 0.15) is 30.4 Å². The van der Waals surface area contributed by atoms with Gasteiger partial charge in [0.05, 0.1) is 5.92 Å². The third-order valence-electron chi connectivity index (χ3n) is 2.49. The maximum atomic E-state index is 10.7. The van der Waals surface area contributed by atoms with E-state index in [0.717, 1.165) is 18.4 Å². The van der Waals surface area contributed by atoms with Gasteiger partial charge in [-0.1, -0.05) is 30.3 Å². The molecular formula is C13H16O2. The molecule has 1 atom stereocenters. The summed E-state index contributed by atoms with van der Waals surface area (Å²) in [5.41, 5.74) is 2.07. The zero-order valence-corrected chi connectivity index (χ0v) is 8.94. The van der Waals surface area contributed by atoms with Crippen LogP contribution in [0.2, 0.25) is 0 Å². The minimum Gasteiger partial charge on any atom is -0.481 e. The van der Waals surface area contributed by atoms with Crippen molar-refractivity contribution in [2.75, 3.05) is 0 Å². The number of carboxylic acid groups (broad SMARTS) is 1. The molecule has 0 radical (unpaired) electrons. The van der Waals surface area contributed by atoms with Crippen LogP contribution in [0.4, 0.5) is 0 Å². The van der Waals surface area contributed by atoms with Crippen molar-refractivity contribution in [3.63, 3.8) is 0 Å². The Morgan fingerprint density at radius 1 is 1.47 bits per heavy atom. The van der Waals surface area contributed by atoms with Crippen molar-refractivity contribution in [1.29, 1.82) is 0 Å². The second kappa shape index (κ2) is 5.35. The minimum atomic E-state index is -0.783. The van der Waals surface area contributed by atoms with E-state index >= 15 is 0 Å². The first-order chi connectivity index (χ1) is 7.15. The zero-order chi connectivity index (χ0) is 11.3. The standard InChI is InChI=1S/C13H16O2/c1-3-4-5-11-6-8-12(9-7-11)10(2)13(14)15/h3,6-10H,1,4-5H2,2H3,(H,14,15). The van der Waals surface area contributed by atoms with Gasteiger partial charge in [-0.2, -0.15) is 0 Å². The second-order valence-electron chi connectivity index (χ2n) is 3.63. The molecule has 2 heteroatoms. The molecule has 1 aromatic carbocycles. The monoisotopic (exact) mass is 204 g/mol. The Bertz CT molecular complexity index is 338. The molecule has 15 heavy (non-hydrogen) atoms. The van der Waals surface area contributed by atoms with Crippen molar-refractivity contribution < 1.29 is 9.90 Å². The van der Waals surface area contributed by atoms with Gasteiger partial charge in [0.25, 0.3) is 0 Å². The quantitative estimate of drug-likeness (QED) is 0.748. The van der Waals surface area contributed by atoms with Crippen molar-refractivity contribution in [3.8, 4) is 0 Å². The van der Waals surface area contributed by atoms with E-state index in [2.05, 4.69) is 6.58 Å². The summed E-state index contributed by atoms with van der Waals surface area (Å²) in [6, 6.07) is 7.74. The van der Waals surface area contributed by atoms with Gasteiger partial charge in [0, 0.05) is 0 Å². The largest absolute Gasteiger partial charge is 0.481 e. The SMILES string of the molecule is C=CCCc1ccc(C(C)C(=O)O)cc1. The molecule has 0 aliphatic carbocycles. The molecule has 1 aromatic rings. The molecule has 2 nitrogen and oxygen atoms in total. The van der Waals surface area contributed by atoms with Crippen LogP contribution in [0.25, 0.3) is 0 Å². The third-order valence-corrected chi connectivity index (χ3v) is 2.49. The fourth-order valence-electron chi connectivity index (χ4n) is 1.38. The van der Waals surface area contributed by atoms with Gasteiger partial charge in [0.15, 0.2) is 0 Å². The second-order valence-corrected chi connectivity index (χ2v) is 3.63. The van der Waals surface area contributed by atoms with E-state index in [0.29, 0.717) is 0 Å². The van der Waals surface area contributed by atoms with Crippen LogP contribution in [0.15, 0.2) is 36.9 Å². The fourth-order valence-corrected chi connectivity index (χ4v) is 1.38. The van der Waals surface area contributed by atoms with E-state index in [1.807, 2.05) is 30.3 Å². The molecule has 0 saturated carbocycles. The summed E-state index contributed by atoms with van der Waals surface area (Å²) in [5.74, 6) is -1.22. The summed E-state index contributed by atoms with van der Waals surface area (Å²) in [6.07, 6.45) is 3.80. The molecule has 0 amide bonds. The molecule has 0 heterocycles. The van der Waals surface area contributed by atoms with Gasteiger partial charge in [0.2, 0.25) is 0 Å². The Hall–Kier alpha value is -1.57. The van der Waals surface area contributed by atoms with Gasteiger partial charge >= 0.3 is 5.97 Å². The molecule has 0 aromatic heterocycles. The number of rotatable bonds is 5. The Morgan fingerprint density at radius 3 is 2.53 bits per heavy atom. The summed E-state index contributed by atoms with van der Waals surface area (Å²) >= 11 is 0. The molecule has 1 rings (SSSR count). The molecule has 0 bridgehead atoms. The Labute approximate surface area is 90.3 Å². The van der Waals surface area contributed by atoms with Gasteiger partial charge in [-0.3, -0.25) is 4.79 Å². The number of carboxylic acids is 1. The van der Waals surface area contributed by atoms with E-state index in [1.54, 1.807) is 6.92 Å². The average molecular weight is 204 g/mol. The number of hydrogen-bond donors (Lipinski definition) is 1. The molecular weight excluding hydrogens is 188 g/mol. The molecule has 1 unspecified atom stereocenters. The number of carbonyl (C=O) groups is 1. The number of hydrogen-bond acceptors (Lipinski definition) is 1. The Balaban J connectivity index is 2.71. The van der Waals surface area contributed by atoms with E-state index in [1.165, 1.54) is 5.56 Å². The van der Waals surface area contributed by atoms with Crippen LogP contribution in [0, 0.1) is 0 Å². The van der Waals surface area contributed by atoms with Gasteiger partial charge < -0.3 is 5.11 Å². The summed E-state index contributed by atoms with van der Waals surface area (Å²) < 4.78 is 0. The lowest BCUT2D eigenvalue weighted by Gasteiger charge is -2.07. The number of benzene rings is 1. The molecule has 0 aliphatic rings. The van der Waals surface area contributed by atoms with Gasteiger partial charge in [-0.25, -0.2) is 0 Å². The lowest BCUT2D eigenvalue weighted by atomic mass is 9.99. The number of aryl methyl sites for hydroxylation is 1. The summed E-state index contributed by atoms with van der Waals surface area (Å²) in [5, 5.41) is 8.83. The summed E-state index contributed by atoms with van der Waals surface area (Å²) in [7, 11) is 0. The predicted molar refractivity (Wildman–Crippen MR) is 61.0 cm³/mol. The lowest BCUT2D eigenvalue weighted by molar-refractivity contribution is -0.138. The maximum Gasteiger partial charge on any atom is 0.310 e. The highest BCUT2D eigenvalue weighted by atomic mass is 16.4. The first kappa shape index (κ1) is 11.5. The molecule has 0 spiro atoms. The predicted octanol–water partition coefficient (Wildman–Crippen LogP) is 2.99. The van der Waals surface area contributed by atoms with Crippen LogP contribution >= 0.6 is 0 Å². The molecule has 0 saturated heterocycles.